The molecule has 1 aromatic heterocycles. The number of carbonyl (C=O) groups is 1. The molecule has 1 fully saturated rings. The number of ether oxygens (including phenoxy) is 1. The van der Waals surface area contributed by atoms with Gasteiger partial charge in [0.1, 0.15) is 5.82 Å². The van der Waals surface area contributed by atoms with Gasteiger partial charge in [0.25, 0.3) is 0 Å². The van der Waals surface area contributed by atoms with Gasteiger partial charge in [-0.1, -0.05) is 6.07 Å². The van der Waals surface area contributed by atoms with Crippen molar-refractivity contribution in [3.63, 3.8) is 0 Å². The number of carbonyl (C=O) groups excluding carboxylic acids is 1. The van der Waals surface area contributed by atoms with Gasteiger partial charge in [-0.3, -0.25) is 0 Å². The Morgan fingerprint density at radius 1 is 1.62 bits per heavy atom. The number of nitrogens with zero attached hydrogens (tertiary/aromatic N) is 2. The number of hydrogen-bond acceptors (Lipinski definition) is 5. The van der Waals surface area contributed by atoms with Crippen LogP contribution in [0.15, 0.2) is 18.2 Å². The zero-order valence-electron chi connectivity index (χ0n) is 9.22. The quantitative estimate of drug-likeness (QED) is 0.732. The molecule has 5 nitrogen and oxygen atoms in total. The third kappa shape index (κ3) is 2.14. The molecule has 0 bridgehead atoms. The molecule has 0 amide bonds. The molecule has 0 spiro atoms. The van der Waals surface area contributed by atoms with Crippen LogP contribution < -0.4 is 10.6 Å². The van der Waals surface area contributed by atoms with E-state index in [1.807, 2.05) is 6.07 Å². The summed E-state index contributed by atoms with van der Waals surface area (Å²) in [5.41, 5.74) is 6.16. The van der Waals surface area contributed by atoms with Gasteiger partial charge in [0.15, 0.2) is 5.69 Å². The van der Waals surface area contributed by atoms with E-state index in [1.54, 1.807) is 12.1 Å². The molecule has 1 aromatic rings. The van der Waals surface area contributed by atoms with E-state index in [-0.39, 0.29) is 6.04 Å². The highest BCUT2D eigenvalue weighted by Crippen LogP contribution is 2.17. The Morgan fingerprint density at radius 2 is 2.44 bits per heavy atom. The van der Waals surface area contributed by atoms with Crippen molar-refractivity contribution >= 4 is 11.8 Å². The molecule has 1 unspecified atom stereocenters. The van der Waals surface area contributed by atoms with Crippen molar-refractivity contribution in [2.24, 2.45) is 5.73 Å². The summed E-state index contributed by atoms with van der Waals surface area (Å²) in [4.78, 5) is 17.7. The molecule has 2 heterocycles. The minimum absolute atomic E-state index is 0.198. The molecule has 2 N–H and O–H groups in total. The van der Waals surface area contributed by atoms with Crippen LogP contribution >= 0.6 is 0 Å². The second-order valence-corrected chi connectivity index (χ2v) is 3.87. The van der Waals surface area contributed by atoms with Gasteiger partial charge in [0.2, 0.25) is 0 Å². The van der Waals surface area contributed by atoms with E-state index in [9.17, 15) is 4.79 Å². The van der Waals surface area contributed by atoms with Crippen LogP contribution in [0, 0.1) is 0 Å². The predicted octanol–water partition coefficient (Wildman–Crippen LogP) is 0.406. The number of anilines is 1. The maximum absolute atomic E-state index is 11.3. The van der Waals surface area contributed by atoms with Crippen LogP contribution in [0.5, 0.6) is 0 Å². The summed E-state index contributed by atoms with van der Waals surface area (Å²) in [6, 6.07) is 5.53. The number of hydrogen-bond donors (Lipinski definition) is 1. The van der Waals surface area contributed by atoms with Crippen LogP contribution in [0.1, 0.15) is 16.9 Å². The third-order valence-corrected chi connectivity index (χ3v) is 2.68. The van der Waals surface area contributed by atoms with Crippen LogP contribution in [0.25, 0.3) is 0 Å². The summed E-state index contributed by atoms with van der Waals surface area (Å²) in [5, 5.41) is 0. The highest BCUT2D eigenvalue weighted by atomic mass is 16.5. The zero-order valence-corrected chi connectivity index (χ0v) is 9.22. The third-order valence-electron chi connectivity index (χ3n) is 2.68. The Hall–Kier alpha value is -1.62. The number of pyridine rings is 1. The maximum atomic E-state index is 11.3. The highest BCUT2D eigenvalue weighted by molar-refractivity contribution is 5.87. The first-order valence-corrected chi connectivity index (χ1v) is 5.26. The summed E-state index contributed by atoms with van der Waals surface area (Å²) >= 11 is 0. The lowest BCUT2D eigenvalue weighted by atomic mass is 10.3. The number of rotatable bonds is 2. The Bertz CT molecular complexity index is 395. The van der Waals surface area contributed by atoms with E-state index >= 15 is 0 Å². The maximum Gasteiger partial charge on any atom is 0.356 e. The lowest BCUT2D eigenvalue weighted by molar-refractivity contribution is 0.0594. The van der Waals surface area contributed by atoms with Gasteiger partial charge < -0.3 is 15.4 Å². The van der Waals surface area contributed by atoms with E-state index in [1.165, 1.54) is 7.11 Å². The molecule has 5 heteroatoms. The Labute approximate surface area is 94.2 Å². The summed E-state index contributed by atoms with van der Waals surface area (Å²) in [5.74, 6) is 0.376. The first kappa shape index (κ1) is 10.9. The van der Waals surface area contributed by atoms with Crippen LogP contribution in [0.4, 0.5) is 5.82 Å². The van der Waals surface area contributed by atoms with Crippen LogP contribution in [-0.4, -0.2) is 37.2 Å². The van der Waals surface area contributed by atoms with Crippen molar-refractivity contribution in [3.8, 4) is 0 Å². The minimum atomic E-state index is -0.412. The van der Waals surface area contributed by atoms with E-state index in [2.05, 4.69) is 14.6 Å². The summed E-state index contributed by atoms with van der Waals surface area (Å²) < 4.78 is 4.63. The van der Waals surface area contributed by atoms with Gasteiger partial charge in [-0.05, 0) is 18.6 Å². The van der Waals surface area contributed by atoms with Gasteiger partial charge in [-0.25, -0.2) is 9.78 Å². The SMILES string of the molecule is COC(=O)c1cccc(N2CCC(N)C2)n1. The van der Waals surface area contributed by atoms with Gasteiger partial charge in [-0.15, -0.1) is 0 Å². The van der Waals surface area contributed by atoms with E-state index in [4.69, 9.17) is 5.73 Å². The van der Waals surface area contributed by atoms with Crippen LogP contribution in [-0.2, 0) is 4.74 Å². The van der Waals surface area contributed by atoms with Gasteiger partial charge in [0.05, 0.1) is 7.11 Å². The van der Waals surface area contributed by atoms with Gasteiger partial charge in [0, 0.05) is 19.1 Å². The lowest BCUT2D eigenvalue weighted by Gasteiger charge is -2.16. The molecular weight excluding hydrogens is 206 g/mol. The monoisotopic (exact) mass is 221 g/mol. The smallest absolute Gasteiger partial charge is 0.356 e. The van der Waals surface area contributed by atoms with Gasteiger partial charge >= 0.3 is 5.97 Å². The van der Waals surface area contributed by atoms with Gasteiger partial charge in [-0.2, -0.15) is 0 Å². The number of methoxy groups -OCH3 is 1. The lowest BCUT2D eigenvalue weighted by Crippen LogP contribution is -2.27. The van der Waals surface area contributed by atoms with Crippen molar-refractivity contribution in [2.45, 2.75) is 12.5 Å². The van der Waals surface area contributed by atoms with Crippen molar-refractivity contribution in [2.75, 3.05) is 25.1 Å². The van der Waals surface area contributed by atoms with Crippen molar-refractivity contribution in [1.82, 2.24) is 4.98 Å². The van der Waals surface area contributed by atoms with E-state index in [0.29, 0.717) is 5.69 Å². The number of aromatic nitrogens is 1. The molecule has 1 saturated heterocycles. The average molecular weight is 221 g/mol. The number of esters is 1. The highest BCUT2D eigenvalue weighted by Gasteiger charge is 2.20. The Balaban J connectivity index is 2.19. The van der Waals surface area contributed by atoms with Crippen molar-refractivity contribution < 1.29 is 9.53 Å². The first-order valence-electron chi connectivity index (χ1n) is 5.26. The summed E-state index contributed by atoms with van der Waals surface area (Å²) in [7, 11) is 1.35. The molecule has 1 atom stereocenters. The fourth-order valence-corrected chi connectivity index (χ4v) is 1.81. The molecule has 0 aromatic carbocycles. The molecule has 1 aliphatic rings. The first-order chi connectivity index (χ1) is 7.70. The second-order valence-electron chi connectivity index (χ2n) is 3.87. The average Bonchev–Trinajstić information content (AvgIpc) is 2.75. The fourth-order valence-electron chi connectivity index (χ4n) is 1.81. The summed E-state index contributed by atoms with van der Waals surface area (Å²) in [6.07, 6.45) is 0.962. The molecule has 0 saturated carbocycles. The van der Waals surface area contributed by atoms with Crippen LogP contribution in [0.2, 0.25) is 0 Å². The molecule has 86 valence electrons. The predicted molar refractivity (Wildman–Crippen MR) is 60.4 cm³/mol. The molecule has 2 rings (SSSR count). The largest absolute Gasteiger partial charge is 0.464 e. The molecular formula is C11H15N3O2. The molecule has 16 heavy (non-hydrogen) atoms. The Morgan fingerprint density at radius 3 is 3.06 bits per heavy atom. The minimum Gasteiger partial charge on any atom is -0.464 e. The normalized spacial score (nSPS) is 19.9. The second kappa shape index (κ2) is 4.49. The molecule has 1 aliphatic heterocycles. The fraction of sp³-hybridized carbons (Fsp3) is 0.455. The zero-order chi connectivity index (χ0) is 11.5. The van der Waals surface area contributed by atoms with E-state index in [0.717, 1.165) is 25.3 Å². The molecule has 0 radical (unpaired) electrons. The van der Waals surface area contributed by atoms with Crippen molar-refractivity contribution in [3.05, 3.63) is 23.9 Å². The Kier molecular flexibility index (Phi) is 3.05. The topological polar surface area (TPSA) is 68.5 Å². The van der Waals surface area contributed by atoms with Crippen LogP contribution in [0.3, 0.4) is 0 Å². The number of nitrogens with two attached hydrogens (primary N) is 1. The summed E-state index contributed by atoms with van der Waals surface area (Å²) in [6.45, 7) is 1.68. The van der Waals surface area contributed by atoms with E-state index < -0.39 is 5.97 Å². The van der Waals surface area contributed by atoms with Crippen molar-refractivity contribution in [1.29, 1.82) is 0 Å². The molecule has 0 aliphatic carbocycles. The standard InChI is InChI=1S/C11H15N3O2/c1-16-11(15)9-3-2-4-10(13-9)14-6-5-8(12)7-14/h2-4,8H,5-7,12H2,1H3.